The summed E-state index contributed by atoms with van der Waals surface area (Å²) in [7, 11) is 2.25. The van der Waals surface area contributed by atoms with Crippen LogP contribution in [0.3, 0.4) is 0 Å². The molecule has 0 amide bonds. The van der Waals surface area contributed by atoms with Gasteiger partial charge in [0.25, 0.3) is 0 Å². The maximum atomic E-state index is 9.09. The Hall–Kier alpha value is -0.120. The van der Waals surface area contributed by atoms with Crippen molar-refractivity contribution in [2.75, 3.05) is 26.7 Å². The van der Waals surface area contributed by atoms with Crippen molar-refractivity contribution < 1.29 is 5.11 Å². The van der Waals surface area contributed by atoms with Crippen molar-refractivity contribution in [1.29, 1.82) is 0 Å². The maximum absolute atomic E-state index is 9.09. The van der Waals surface area contributed by atoms with Crippen LogP contribution < -0.4 is 5.32 Å². The minimum absolute atomic E-state index is 0.226. The lowest BCUT2D eigenvalue weighted by Crippen LogP contribution is -2.35. The van der Waals surface area contributed by atoms with E-state index in [1.807, 2.05) is 6.92 Å². The third kappa shape index (κ3) is 5.83. The van der Waals surface area contributed by atoms with Crippen LogP contribution in [0.5, 0.6) is 0 Å². The first-order valence-electron chi connectivity index (χ1n) is 6.79. The summed E-state index contributed by atoms with van der Waals surface area (Å²) in [6, 6.07) is 0.825. The van der Waals surface area contributed by atoms with Gasteiger partial charge in [-0.25, -0.2) is 0 Å². The highest BCUT2D eigenvalue weighted by molar-refractivity contribution is 4.73. The molecule has 16 heavy (non-hydrogen) atoms. The number of rotatable bonds is 7. The van der Waals surface area contributed by atoms with Gasteiger partial charge < -0.3 is 15.3 Å². The molecule has 1 saturated carbocycles. The van der Waals surface area contributed by atoms with E-state index in [2.05, 4.69) is 17.3 Å². The lowest BCUT2D eigenvalue weighted by molar-refractivity contribution is 0.180. The molecule has 0 aromatic carbocycles. The van der Waals surface area contributed by atoms with E-state index >= 15 is 0 Å². The van der Waals surface area contributed by atoms with Crippen molar-refractivity contribution >= 4 is 0 Å². The molecule has 0 unspecified atom stereocenters. The number of hydrogen-bond acceptors (Lipinski definition) is 3. The van der Waals surface area contributed by atoms with Gasteiger partial charge >= 0.3 is 0 Å². The van der Waals surface area contributed by atoms with E-state index in [-0.39, 0.29) is 6.10 Å². The van der Waals surface area contributed by atoms with Gasteiger partial charge in [-0.1, -0.05) is 19.3 Å². The van der Waals surface area contributed by atoms with Crippen LogP contribution in [0.25, 0.3) is 0 Å². The van der Waals surface area contributed by atoms with Crippen molar-refractivity contribution in [2.45, 2.75) is 57.6 Å². The Balaban J connectivity index is 1.98. The summed E-state index contributed by atoms with van der Waals surface area (Å²) in [6.07, 6.45) is 7.98. The summed E-state index contributed by atoms with van der Waals surface area (Å²) in [5, 5.41) is 12.4. The van der Waals surface area contributed by atoms with Gasteiger partial charge in [0.05, 0.1) is 6.10 Å². The Morgan fingerprint density at radius 1 is 1.31 bits per heavy atom. The molecular weight excluding hydrogens is 200 g/mol. The van der Waals surface area contributed by atoms with E-state index in [0.717, 1.165) is 12.6 Å². The van der Waals surface area contributed by atoms with Gasteiger partial charge in [-0.2, -0.15) is 0 Å². The topological polar surface area (TPSA) is 35.5 Å². The normalized spacial score (nSPS) is 20.2. The van der Waals surface area contributed by atoms with Gasteiger partial charge in [0.1, 0.15) is 0 Å². The summed E-state index contributed by atoms with van der Waals surface area (Å²) in [5.41, 5.74) is 0. The van der Waals surface area contributed by atoms with Crippen LogP contribution in [-0.2, 0) is 0 Å². The van der Waals surface area contributed by atoms with Crippen molar-refractivity contribution in [2.24, 2.45) is 0 Å². The average Bonchev–Trinajstić information content (AvgIpc) is 2.29. The highest BCUT2D eigenvalue weighted by Gasteiger charge is 2.16. The molecule has 1 fully saturated rings. The molecule has 0 aliphatic heterocycles. The molecule has 1 atom stereocenters. The van der Waals surface area contributed by atoms with Gasteiger partial charge in [0, 0.05) is 12.6 Å². The molecule has 3 nitrogen and oxygen atoms in total. The third-order valence-electron chi connectivity index (χ3n) is 3.50. The highest BCUT2D eigenvalue weighted by atomic mass is 16.3. The third-order valence-corrected chi connectivity index (χ3v) is 3.50. The summed E-state index contributed by atoms with van der Waals surface area (Å²) in [4.78, 5) is 2.52. The number of nitrogens with zero attached hydrogens (tertiary/aromatic N) is 1. The molecule has 0 radical (unpaired) electrons. The van der Waals surface area contributed by atoms with Crippen molar-refractivity contribution in [1.82, 2.24) is 10.2 Å². The first-order valence-corrected chi connectivity index (χ1v) is 6.79. The van der Waals surface area contributed by atoms with Crippen molar-refractivity contribution in [3.05, 3.63) is 0 Å². The van der Waals surface area contributed by atoms with Crippen LogP contribution in [0, 0.1) is 0 Å². The molecule has 1 aliphatic carbocycles. The minimum Gasteiger partial charge on any atom is -0.392 e. The highest BCUT2D eigenvalue weighted by Crippen LogP contribution is 2.21. The smallest absolute Gasteiger partial charge is 0.0636 e. The largest absolute Gasteiger partial charge is 0.392 e. The zero-order chi connectivity index (χ0) is 11.8. The van der Waals surface area contributed by atoms with Crippen LogP contribution in [-0.4, -0.2) is 48.8 Å². The van der Waals surface area contributed by atoms with E-state index in [0.29, 0.717) is 6.54 Å². The first kappa shape index (κ1) is 13.9. The second-order valence-corrected chi connectivity index (χ2v) is 5.18. The SMILES string of the molecule is C[C@@H](O)CNCCCN(C)C1CCCCC1. The summed E-state index contributed by atoms with van der Waals surface area (Å²) in [6.45, 7) is 4.73. The summed E-state index contributed by atoms with van der Waals surface area (Å²) >= 11 is 0. The molecule has 0 aromatic heterocycles. The van der Waals surface area contributed by atoms with E-state index in [9.17, 15) is 0 Å². The molecular formula is C13H28N2O. The molecule has 0 aromatic rings. The quantitative estimate of drug-likeness (QED) is 0.650. The molecule has 2 N–H and O–H groups in total. The van der Waals surface area contributed by atoms with E-state index < -0.39 is 0 Å². The van der Waals surface area contributed by atoms with Crippen LogP contribution in [0.15, 0.2) is 0 Å². The lowest BCUT2D eigenvalue weighted by Gasteiger charge is -2.31. The molecule has 1 rings (SSSR count). The molecule has 1 aliphatic rings. The van der Waals surface area contributed by atoms with Crippen LogP contribution >= 0.6 is 0 Å². The summed E-state index contributed by atoms with van der Waals surface area (Å²) in [5.74, 6) is 0. The Morgan fingerprint density at radius 2 is 2.00 bits per heavy atom. The minimum atomic E-state index is -0.226. The second-order valence-electron chi connectivity index (χ2n) is 5.18. The van der Waals surface area contributed by atoms with E-state index in [4.69, 9.17) is 5.11 Å². The first-order chi connectivity index (χ1) is 7.70. The zero-order valence-electron chi connectivity index (χ0n) is 10.9. The fourth-order valence-corrected chi connectivity index (χ4v) is 2.47. The standard InChI is InChI=1S/C13H28N2O/c1-12(16)11-14-9-6-10-15(2)13-7-4-3-5-8-13/h12-14,16H,3-11H2,1-2H3/t12-/m1/s1. The zero-order valence-corrected chi connectivity index (χ0v) is 10.9. The van der Waals surface area contributed by atoms with Gasteiger partial charge in [0.2, 0.25) is 0 Å². The second kappa shape index (κ2) is 8.04. The Labute approximate surface area is 100 Å². The fourth-order valence-electron chi connectivity index (χ4n) is 2.47. The Bertz CT molecular complexity index is 167. The predicted octanol–water partition coefficient (Wildman–Crippen LogP) is 1.61. The Morgan fingerprint density at radius 3 is 2.62 bits per heavy atom. The number of nitrogens with one attached hydrogen (secondary N) is 1. The van der Waals surface area contributed by atoms with E-state index in [1.165, 1.54) is 45.1 Å². The van der Waals surface area contributed by atoms with Gasteiger partial charge in [-0.15, -0.1) is 0 Å². The number of aliphatic hydroxyl groups is 1. The fraction of sp³-hybridized carbons (Fsp3) is 1.00. The predicted molar refractivity (Wildman–Crippen MR) is 68.7 cm³/mol. The number of aliphatic hydroxyl groups excluding tert-OH is 1. The monoisotopic (exact) mass is 228 g/mol. The Kier molecular flexibility index (Phi) is 7.01. The summed E-state index contributed by atoms with van der Waals surface area (Å²) < 4.78 is 0. The lowest BCUT2D eigenvalue weighted by atomic mass is 9.94. The molecule has 0 heterocycles. The van der Waals surface area contributed by atoms with E-state index in [1.54, 1.807) is 0 Å². The van der Waals surface area contributed by atoms with Crippen LogP contribution in [0.1, 0.15) is 45.4 Å². The van der Waals surface area contributed by atoms with Crippen LogP contribution in [0.2, 0.25) is 0 Å². The van der Waals surface area contributed by atoms with Crippen LogP contribution in [0.4, 0.5) is 0 Å². The molecule has 0 saturated heterocycles. The number of hydrogen-bond donors (Lipinski definition) is 2. The average molecular weight is 228 g/mol. The molecule has 3 heteroatoms. The molecule has 0 spiro atoms. The van der Waals surface area contributed by atoms with Gasteiger partial charge in [-0.05, 0) is 46.3 Å². The van der Waals surface area contributed by atoms with Gasteiger partial charge in [-0.3, -0.25) is 0 Å². The van der Waals surface area contributed by atoms with Crippen molar-refractivity contribution in [3.8, 4) is 0 Å². The van der Waals surface area contributed by atoms with Crippen molar-refractivity contribution in [3.63, 3.8) is 0 Å². The molecule has 0 bridgehead atoms. The maximum Gasteiger partial charge on any atom is 0.0636 e. The van der Waals surface area contributed by atoms with Gasteiger partial charge in [0.15, 0.2) is 0 Å². The molecule has 96 valence electrons.